The fourth-order valence-corrected chi connectivity index (χ4v) is 3.40. The number of aliphatic hydroxyl groups excluding tert-OH is 1. The van der Waals surface area contributed by atoms with Crippen LogP contribution in [0.3, 0.4) is 0 Å². The number of benzene rings is 1. The highest BCUT2D eigenvalue weighted by Gasteiger charge is 2.27. The van der Waals surface area contributed by atoms with Gasteiger partial charge in [0.1, 0.15) is 0 Å². The first-order chi connectivity index (χ1) is 8.62. The lowest BCUT2D eigenvalue weighted by Gasteiger charge is -2.22. The summed E-state index contributed by atoms with van der Waals surface area (Å²) >= 11 is 0. The minimum Gasteiger partial charge on any atom is -0.392 e. The molecule has 0 unspecified atom stereocenters. The van der Waals surface area contributed by atoms with Crippen molar-refractivity contribution >= 4 is 15.7 Å². The Labute approximate surface area is 107 Å². The minimum absolute atomic E-state index is 0.104. The zero-order valence-electron chi connectivity index (χ0n) is 10.0. The number of hydrogen-bond acceptors (Lipinski definition) is 4. The van der Waals surface area contributed by atoms with E-state index in [-0.39, 0.29) is 6.61 Å². The fourth-order valence-electron chi connectivity index (χ4n) is 1.97. The van der Waals surface area contributed by atoms with Crippen molar-refractivity contribution < 1.29 is 18.3 Å². The smallest absolute Gasteiger partial charge is 0.235 e. The molecule has 1 aromatic rings. The average Bonchev–Trinajstić information content (AvgIpc) is 2.39. The lowest BCUT2D eigenvalue weighted by atomic mass is 10.2. The van der Waals surface area contributed by atoms with Crippen LogP contribution in [0, 0.1) is 0 Å². The van der Waals surface area contributed by atoms with E-state index >= 15 is 0 Å². The van der Waals surface area contributed by atoms with Gasteiger partial charge in [0.05, 0.1) is 11.9 Å². The molecule has 0 saturated carbocycles. The van der Waals surface area contributed by atoms with E-state index < -0.39 is 15.3 Å². The zero-order chi connectivity index (χ0) is 13.0. The van der Waals surface area contributed by atoms with E-state index in [1.807, 2.05) is 0 Å². The van der Waals surface area contributed by atoms with Crippen molar-refractivity contribution in [2.24, 2.45) is 0 Å². The lowest BCUT2D eigenvalue weighted by molar-refractivity contribution is 0.0984. The summed E-state index contributed by atoms with van der Waals surface area (Å²) in [5, 5.41) is 8.62. The second kappa shape index (κ2) is 5.69. The van der Waals surface area contributed by atoms with Crippen molar-refractivity contribution in [3.8, 4) is 0 Å². The predicted molar refractivity (Wildman–Crippen MR) is 68.7 cm³/mol. The van der Waals surface area contributed by atoms with Gasteiger partial charge in [-0.1, -0.05) is 12.1 Å². The molecule has 1 saturated heterocycles. The van der Waals surface area contributed by atoms with Gasteiger partial charge < -0.3 is 9.84 Å². The first-order valence-electron chi connectivity index (χ1n) is 5.91. The number of nitrogens with one attached hydrogen (secondary N) is 1. The van der Waals surface area contributed by atoms with Crippen molar-refractivity contribution in [1.82, 2.24) is 0 Å². The van der Waals surface area contributed by atoms with Gasteiger partial charge in [-0.2, -0.15) is 0 Å². The zero-order valence-corrected chi connectivity index (χ0v) is 10.8. The van der Waals surface area contributed by atoms with Crippen LogP contribution >= 0.6 is 0 Å². The summed E-state index contributed by atoms with van der Waals surface area (Å²) in [5.74, 6) is 0. The van der Waals surface area contributed by atoms with Crippen molar-refractivity contribution in [2.75, 3.05) is 17.9 Å². The van der Waals surface area contributed by atoms with Gasteiger partial charge in [-0.05, 0) is 30.5 Å². The highest BCUT2D eigenvalue weighted by atomic mass is 32.2. The van der Waals surface area contributed by atoms with Crippen LogP contribution in [0.15, 0.2) is 24.3 Å². The number of aliphatic hydroxyl groups is 1. The Morgan fingerprint density at radius 1 is 1.33 bits per heavy atom. The summed E-state index contributed by atoms with van der Waals surface area (Å²) in [6, 6.07) is 6.77. The van der Waals surface area contributed by atoms with E-state index in [4.69, 9.17) is 9.84 Å². The summed E-state index contributed by atoms with van der Waals surface area (Å²) in [6.07, 6.45) is 1.05. The predicted octanol–water partition coefficient (Wildman–Crippen LogP) is 1.10. The first-order valence-corrected chi connectivity index (χ1v) is 7.45. The minimum atomic E-state index is -3.37. The maximum absolute atomic E-state index is 12.1. The number of sulfonamides is 1. The molecule has 100 valence electrons. The number of rotatable bonds is 4. The van der Waals surface area contributed by atoms with Gasteiger partial charge in [0, 0.05) is 18.9 Å². The van der Waals surface area contributed by atoms with Gasteiger partial charge in [-0.25, -0.2) is 8.42 Å². The summed E-state index contributed by atoms with van der Waals surface area (Å²) < 4.78 is 32.0. The van der Waals surface area contributed by atoms with Gasteiger partial charge in [-0.15, -0.1) is 0 Å². The van der Waals surface area contributed by atoms with Crippen LogP contribution in [0.5, 0.6) is 0 Å². The second-order valence-electron chi connectivity index (χ2n) is 4.32. The Morgan fingerprint density at radius 3 is 2.72 bits per heavy atom. The van der Waals surface area contributed by atoms with E-state index in [2.05, 4.69) is 4.72 Å². The van der Waals surface area contributed by atoms with Crippen molar-refractivity contribution in [1.29, 1.82) is 0 Å². The van der Waals surface area contributed by atoms with E-state index in [9.17, 15) is 8.42 Å². The topological polar surface area (TPSA) is 75.6 Å². The van der Waals surface area contributed by atoms with Gasteiger partial charge in [-0.3, -0.25) is 4.72 Å². The second-order valence-corrected chi connectivity index (χ2v) is 6.28. The van der Waals surface area contributed by atoms with Crippen LogP contribution in [-0.2, 0) is 21.4 Å². The van der Waals surface area contributed by atoms with Crippen LogP contribution in [0.1, 0.15) is 18.4 Å². The molecule has 1 fully saturated rings. The Morgan fingerprint density at radius 2 is 2.06 bits per heavy atom. The molecule has 0 amide bonds. The monoisotopic (exact) mass is 271 g/mol. The quantitative estimate of drug-likeness (QED) is 0.860. The molecule has 6 heteroatoms. The summed E-state index contributed by atoms with van der Waals surface area (Å²) in [6.45, 7) is 0.872. The van der Waals surface area contributed by atoms with E-state index in [0.29, 0.717) is 37.3 Å². The van der Waals surface area contributed by atoms with Gasteiger partial charge >= 0.3 is 0 Å². The van der Waals surface area contributed by atoms with Crippen LogP contribution in [-0.4, -0.2) is 32.0 Å². The van der Waals surface area contributed by atoms with E-state index in [1.54, 1.807) is 24.3 Å². The summed E-state index contributed by atoms with van der Waals surface area (Å²) in [7, 11) is -3.37. The molecule has 0 atom stereocenters. The molecule has 0 bridgehead atoms. The third-order valence-electron chi connectivity index (χ3n) is 2.98. The average molecular weight is 271 g/mol. The Hall–Kier alpha value is -1.11. The molecule has 0 radical (unpaired) electrons. The summed E-state index contributed by atoms with van der Waals surface area (Å²) in [4.78, 5) is 0. The van der Waals surface area contributed by atoms with E-state index in [1.165, 1.54) is 0 Å². The maximum atomic E-state index is 12.1. The number of hydrogen-bond donors (Lipinski definition) is 2. The van der Waals surface area contributed by atoms with Crippen molar-refractivity contribution in [3.05, 3.63) is 29.8 Å². The van der Waals surface area contributed by atoms with E-state index in [0.717, 1.165) is 0 Å². The van der Waals surface area contributed by atoms with Crippen molar-refractivity contribution in [3.63, 3.8) is 0 Å². The van der Waals surface area contributed by atoms with Gasteiger partial charge in [0.2, 0.25) is 10.0 Å². The maximum Gasteiger partial charge on any atom is 0.235 e. The fraction of sp³-hybridized carbons (Fsp3) is 0.500. The number of anilines is 1. The largest absolute Gasteiger partial charge is 0.392 e. The van der Waals surface area contributed by atoms with Crippen molar-refractivity contribution in [2.45, 2.75) is 24.7 Å². The molecule has 2 rings (SSSR count). The number of ether oxygens (including phenoxy) is 1. The normalized spacial score (nSPS) is 17.6. The SMILES string of the molecule is O=S(=O)(Nc1cccc(CO)c1)C1CCOCC1. The Kier molecular flexibility index (Phi) is 4.21. The molecular formula is C12H17NO4S. The molecule has 18 heavy (non-hydrogen) atoms. The molecule has 2 N–H and O–H groups in total. The third kappa shape index (κ3) is 3.22. The lowest BCUT2D eigenvalue weighted by Crippen LogP contribution is -2.33. The molecule has 1 heterocycles. The molecule has 0 spiro atoms. The summed E-state index contributed by atoms with van der Waals surface area (Å²) in [5.41, 5.74) is 1.18. The van der Waals surface area contributed by atoms with Crippen LogP contribution in [0.2, 0.25) is 0 Å². The molecule has 1 aliphatic heterocycles. The standard InChI is InChI=1S/C12H17NO4S/c14-9-10-2-1-3-11(8-10)13-18(15,16)12-4-6-17-7-5-12/h1-3,8,12-14H,4-7,9H2. The van der Waals surface area contributed by atoms with Crippen LogP contribution in [0.4, 0.5) is 5.69 Å². The molecule has 1 aliphatic rings. The Balaban J connectivity index is 2.11. The molecule has 0 aromatic heterocycles. The highest BCUT2D eigenvalue weighted by Crippen LogP contribution is 2.20. The molecule has 5 nitrogen and oxygen atoms in total. The van der Waals surface area contributed by atoms with Crippen LogP contribution in [0.25, 0.3) is 0 Å². The first kappa shape index (κ1) is 13.3. The molecule has 1 aromatic carbocycles. The van der Waals surface area contributed by atoms with Gasteiger partial charge in [0.15, 0.2) is 0 Å². The molecular weight excluding hydrogens is 254 g/mol. The Bertz CT molecular complexity index is 495. The van der Waals surface area contributed by atoms with Gasteiger partial charge in [0.25, 0.3) is 0 Å². The third-order valence-corrected chi connectivity index (χ3v) is 4.85. The van der Waals surface area contributed by atoms with Crippen LogP contribution < -0.4 is 4.72 Å². The molecule has 0 aliphatic carbocycles. The highest BCUT2D eigenvalue weighted by molar-refractivity contribution is 7.93.